The molecule has 0 bridgehead atoms. The molecule has 1 aliphatic rings. The normalized spacial score (nSPS) is 14.8. The van der Waals surface area contributed by atoms with Crippen LogP contribution in [-0.4, -0.2) is 17.0 Å². The van der Waals surface area contributed by atoms with Gasteiger partial charge in [-0.3, -0.25) is 4.72 Å². The summed E-state index contributed by atoms with van der Waals surface area (Å²) in [6, 6.07) is 10.4. The highest BCUT2D eigenvalue weighted by atomic mass is 32.2. The van der Waals surface area contributed by atoms with Crippen LogP contribution >= 0.6 is 11.9 Å². The van der Waals surface area contributed by atoms with E-state index in [9.17, 15) is 13.2 Å². The first-order valence-electron chi connectivity index (χ1n) is 7.76. The number of nitrogens with zero attached hydrogens (tertiary/aromatic N) is 2. The van der Waals surface area contributed by atoms with E-state index in [1.165, 1.54) is 6.07 Å². The van der Waals surface area contributed by atoms with Gasteiger partial charge in [0.15, 0.2) is 0 Å². The molecular formula is C17H16F3N3OS. The van der Waals surface area contributed by atoms with Crippen LogP contribution in [0, 0.1) is 11.3 Å². The molecule has 0 amide bonds. The molecule has 1 saturated carbocycles. The molecule has 0 atom stereocenters. The van der Waals surface area contributed by atoms with Crippen molar-refractivity contribution in [2.24, 2.45) is 7.05 Å². The Balaban J connectivity index is 1.91. The van der Waals surface area contributed by atoms with Crippen LogP contribution in [0.2, 0.25) is 0 Å². The highest BCUT2D eigenvalue weighted by Gasteiger charge is 2.32. The van der Waals surface area contributed by atoms with Crippen molar-refractivity contribution in [1.29, 1.82) is 5.26 Å². The summed E-state index contributed by atoms with van der Waals surface area (Å²) in [6.45, 7) is 0. The first-order chi connectivity index (χ1) is 11.9. The zero-order chi connectivity index (χ0) is 18.0. The molecule has 8 heteroatoms. The Morgan fingerprint density at radius 2 is 2.04 bits per heavy atom. The maximum Gasteiger partial charge on any atom is 0.573 e. The van der Waals surface area contributed by atoms with Gasteiger partial charge in [0.05, 0.1) is 4.90 Å². The summed E-state index contributed by atoms with van der Waals surface area (Å²) >= 11 is 1.16. The van der Waals surface area contributed by atoms with Gasteiger partial charge in [-0.15, -0.1) is 13.2 Å². The number of nitriles is 1. The van der Waals surface area contributed by atoms with Gasteiger partial charge in [-0.2, -0.15) is 5.26 Å². The standard InChI is InChI=1S/C17H16F3N3OS/c1-23-13(10-21)6-7-14(23)11-5-8-16(25-22-12-3-2-4-12)15(9-11)24-17(18,19)20/h5-9,12,22H,2-4H2,1H3. The molecule has 25 heavy (non-hydrogen) atoms. The van der Waals surface area contributed by atoms with E-state index in [1.807, 2.05) is 6.07 Å². The molecule has 0 aliphatic heterocycles. The molecule has 0 unspecified atom stereocenters. The van der Waals surface area contributed by atoms with Gasteiger partial charge in [-0.1, -0.05) is 12.5 Å². The number of benzene rings is 1. The first-order valence-corrected chi connectivity index (χ1v) is 8.57. The Morgan fingerprint density at radius 1 is 1.28 bits per heavy atom. The average Bonchev–Trinajstić information content (AvgIpc) is 2.86. The summed E-state index contributed by atoms with van der Waals surface area (Å²) in [4.78, 5) is 0.377. The van der Waals surface area contributed by atoms with Gasteiger partial charge >= 0.3 is 6.36 Å². The quantitative estimate of drug-likeness (QED) is 0.784. The van der Waals surface area contributed by atoms with E-state index in [2.05, 4.69) is 9.46 Å². The Kier molecular flexibility index (Phi) is 4.97. The molecule has 0 spiro atoms. The maximum absolute atomic E-state index is 12.8. The van der Waals surface area contributed by atoms with Crippen LogP contribution in [0.15, 0.2) is 35.2 Å². The largest absolute Gasteiger partial charge is 0.573 e. The average molecular weight is 367 g/mol. The number of alkyl halides is 3. The summed E-state index contributed by atoms with van der Waals surface area (Å²) < 4.78 is 47.3. The highest BCUT2D eigenvalue weighted by Crippen LogP contribution is 2.37. The number of halogens is 3. The number of aromatic nitrogens is 1. The fourth-order valence-electron chi connectivity index (χ4n) is 2.54. The fraction of sp³-hybridized carbons (Fsp3) is 0.353. The third-order valence-electron chi connectivity index (χ3n) is 4.14. The zero-order valence-corrected chi connectivity index (χ0v) is 14.2. The van der Waals surface area contributed by atoms with Gasteiger partial charge in [0.1, 0.15) is 17.5 Å². The minimum atomic E-state index is -4.77. The summed E-state index contributed by atoms with van der Waals surface area (Å²) in [5, 5.41) is 9.03. The van der Waals surface area contributed by atoms with E-state index in [0.29, 0.717) is 27.9 Å². The lowest BCUT2D eigenvalue weighted by Crippen LogP contribution is -2.30. The second kappa shape index (κ2) is 7.02. The lowest BCUT2D eigenvalue weighted by molar-refractivity contribution is -0.275. The number of hydrogen-bond donors (Lipinski definition) is 1. The van der Waals surface area contributed by atoms with Gasteiger partial charge in [0.25, 0.3) is 0 Å². The van der Waals surface area contributed by atoms with Gasteiger partial charge < -0.3 is 9.30 Å². The van der Waals surface area contributed by atoms with E-state index in [0.717, 1.165) is 31.2 Å². The molecule has 1 aromatic carbocycles. The second-order valence-electron chi connectivity index (χ2n) is 5.83. The minimum Gasteiger partial charge on any atom is -0.405 e. The highest BCUT2D eigenvalue weighted by molar-refractivity contribution is 7.97. The molecule has 0 radical (unpaired) electrons. The lowest BCUT2D eigenvalue weighted by atomic mass is 9.94. The third kappa shape index (κ3) is 4.11. The van der Waals surface area contributed by atoms with Crippen LogP contribution in [0.5, 0.6) is 5.75 Å². The van der Waals surface area contributed by atoms with Gasteiger partial charge in [-0.05, 0) is 49.1 Å². The van der Waals surface area contributed by atoms with Crippen molar-refractivity contribution in [2.75, 3.05) is 0 Å². The topological polar surface area (TPSA) is 50.0 Å². The molecule has 1 N–H and O–H groups in total. The van der Waals surface area contributed by atoms with E-state index < -0.39 is 6.36 Å². The fourth-order valence-corrected chi connectivity index (χ4v) is 3.41. The zero-order valence-electron chi connectivity index (χ0n) is 13.4. The van der Waals surface area contributed by atoms with Crippen LogP contribution in [0.25, 0.3) is 11.3 Å². The Bertz CT molecular complexity index is 806. The molecule has 0 saturated heterocycles. The summed E-state index contributed by atoms with van der Waals surface area (Å²) in [5.41, 5.74) is 1.63. The SMILES string of the molecule is Cn1c(C#N)ccc1-c1ccc(SNC2CCC2)c(OC(F)(F)F)c1. The number of nitrogens with one attached hydrogen (secondary N) is 1. The van der Waals surface area contributed by atoms with Crippen molar-refractivity contribution in [1.82, 2.24) is 9.29 Å². The van der Waals surface area contributed by atoms with Crippen molar-refractivity contribution in [3.63, 3.8) is 0 Å². The van der Waals surface area contributed by atoms with Crippen LogP contribution in [0.3, 0.4) is 0 Å². The summed E-state index contributed by atoms with van der Waals surface area (Å²) in [5.74, 6) is -0.249. The van der Waals surface area contributed by atoms with Crippen molar-refractivity contribution in [3.05, 3.63) is 36.0 Å². The van der Waals surface area contributed by atoms with E-state index in [-0.39, 0.29) is 5.75 Å². The van der Waals surface area contributed by atoms with Crippen molar-refractivity contribution >= 4 is 11.9 Å². The first kappa shape index (κ1) is 17.7. The van der Waals surface area contributed by atoms with Crippen LogP contribution in [0.1, 0.15) is 25.0 Å². The van der Waals surface area contributed by atoms with Gasteiger partial charge in [0, 0.05) is 24.3 Å². The molecular weight excluding hydrogens is 351 g/mol. The molecule has 4 nitrogen and oxygen atoms in total. The molecule has 1 aromatic heterocycles. The van der Waals surface area contributed by atoms with Crippen LogP contribution in [0.4, 0.5) is 13.2 Å². The van der Waals surface area contributed by atoms with Crippen LogP contribution < -0.4 is 9.46 Å². The Morgan fingerprint density at radius 3 is 2.60 bits per heavy atom. The van der Waals surface area contributed by atoms with Crippen LogP contribution in [-0.2, 0) is 7.05 Å². The van der Waals surface area contributed by atoms with E-state index >= 15 is 0 Å². The number of hydrogen-bond acceptors (Lipinski definition) is 4. The maximum atomic E-state index is 12.8. The monoisotopic (exact) mass is 367 g/mol. The Labute approximate surface area is 147 Å². The summed E-state index contributed by atoms with van der Waals surface area (Å²) in [7, 11) is 1.69. The van der Waals surface area contributed by atoms with Gasteiger partial charge in [-0.25, -0.2) is 0 Å². The molecule has 1 fully saturated rings. The Hall–Kier alpha value is -2.11. The smallest absolute Gasteiger partial charge is 0.405 e. The number of ether oxygens (including phenoxy) is 1. The molecule has 132 valence electrons. The van der Waals surface area contributed by atoms with Crippen molar-refractivity contribution in [3.8, 4) is 23.1 Å². The van der Waals surface area contributed by atoms with E-state index in [1.54, 1.807) is 35.9 Å². The van der Waals surface area contributed by atoms with Crippen molar-refractivity contribution in [2.45, 2.75) is 36.6 Å². The summed E-state index contributed by atoms with van der Waals surface area (Å²) in [6.07, 6.45) is -1.57. The third-order valence-corrected chi connectivity index (χ3v) is 5.15. The predicted molar refractivity (Wildman–Crippen MR) is 88.9 cm³/mol. The lowest BCUT2D eigenvalue weighted by Gasteiger charge is -2.26. The molecule has 1 aliphatic carbocycles. The van der Waals surface area contributed by atoms with E-state index in [4.69, 9.17) is 5.26 Å². The predicted octanol–water partition coefficient (Wildman–Crippen LogP) is 4.61. The van der Waals surface area contributed by atoms with Gasteiger partial charge in [0.2, 0.25) is 0 Å². The van der Waals surface area contributed by atoms with Crippen molar-refractivity contribution < 1.29 is 17.9 Å². The minimum absolute atomic E-state index is 0.249. The molecule has 1 heterocycles. The molecule has 2 aromatic rings. The second-order valence-corrected chi connectivity index (χ2v) is 6.71. The number of rotatable bonds is 5. The molecule has 3 rings (SSSR count).